The summed E-state index contributed by atoms with van der Waals surface area (Å²) in [5.74, 6) is 0.643. The molecule has 0 bridgehead atoms. The lowest BCUT2D eigenvalue weighted by atomic mass is 9.81. The fraction of sp³-hybridized carbons (Fsp3) is 0.900. The van der Waals surface area contributed by atoms with Gasteiger partial charge >= 0.3 is 6.03 Å². The van der Waals surface area contributed by atoms with Gasteiger partial charge in [-0.2, -0.15) is 0 Å². The standard InChI is InChI=1S/C10H19N3O/c1-12-9(14)13-5-8-3-2-4-10(8,6-11)7-13/h8H,2-7,11H2,1H3,(H,12,14)/t8-,10-/m0/s1. The highest BCUT2D eigenvalue weighted by molar-refractivity contribution is 5.74. The van der Waals surface area contributed by atoms with E-state index >= 15 is 0 Å². The Morgan fingerprint density at radius 3 is 3.07 bits per heavy atom. The van der Waals surface area contributed by atoms with Crippen molar-refractivity contribution in [3.63, 3.8) is 0 Å². The maximum absolute atomic E-state index is 11.5. The second-order valence-corrected chi connectivity index (χ2v) is 4.59. The van der Waals surface area contributed by atoms with Crippen LogP contribution in [0.25, 0.3) is 0 Å². The lowest BCUT2D eigenvalue weighted by Crippen LogP contribution is -2.40. The van der Waals surface area contributed by atoms with Gasteiger partial charge in [0.05, 0.1) is 0 Å². The van der Waals surface area contributed by atoms with Crippen molar-refractivity contribution in [1.82, 2.24) is 10.2 Å². The number of nitrogens with two attached hydrogens (primary N) is 1. The number of fused-ring (bicyclic) bond motifs is 1. The molecule has 80 valence electrons. The fourth-order valence-electron chi connectivity index (χ4n) is 3.06. The molecule has 1 heterocycles. The van der Waals surface area contributed by atoms with Crippen LogP contribution in [0, 0.1) is 11.3 Å². The summed E-state index contributed by atoms with van der Waals surface area (Å²) in [7, 11) is 1.69. The Balaban J connectivity index is 2.08. The Kier molecular flexibility index (Phi) is 2.39. The molecule has 1 aliphatic heterocycles. The van der Waals surface area contributed by atoms with E-state index in [9.17, 15) is 4.79 Å². The third-order valence-electron chi connectivity index (χ3n) is 3.95. The monoisotopic (exact) mass is 197 g/mol. The molecule has 0 spiro atoms. The van der Waals surface area contributed by atoms with Crippen molar-refractivity contribution >= 4 is 6.03 Å². The van der Waals surface area contributed by atoms with Crippen molar-refractivity contribution in [3.8, 4) is 0 Å². The Bertz CT molecular complexity index is 244. The van der Waals surface area contributed by atoms with Gasteiger partial charge in [-0.25, -0.2) is 4.79 Å². The van der Waals surface area contributed by atoms with E-state index in [-0.39, 0.29) is 11.4 Å². The molecule has 0 aromatic carbocycles. The largest absolute Gasteiger partial charge is 0.341 e. The topological polar surface area (TPSA) is 58.4 Å². The van der Waals surface area contributed by atoms with E-state index in [1.807, 2.05) is 4.90 Å². The maximum atomic E-state index is 11.5. The summed E-state index contributed by atoms with van der Waals surface area (Å²) >= 11 is 0. The van der Waals surface area contributed by atoms with Crippen LogP contribution < -0.4 is 11.1 Å². The van der Waals surface area contributed by atoms with Gasteiger partial charge in [0.15, 0.2) is 0 Å². The minimum atomic E-state index is 0.0484. The molecule has 1 saturated carbocycles. The van der Waals surface area contributed by atoms with Crippen molar-refractivity contribution in [3.05, 3.63) is 0 Å². The molecule has 2 aliphatic rings. The highest BCUT2D eigenvalue weighted by atomic mass is 16.2. The number of nitrogens with zero attached hydrogens (tertiary/aromatic N) is 1. The van der Waals surface area contributed by atoms with Crippen LogP contribution in [0.5, 0.6) is 0 Å². The van der Waals surface area contributed by atoms with Crippen LogP contribution in [0.1, 0.15) is 19.3 Å². The fourth-order valence-corrected chi connectivity index (χ4v) is 3.06. The number of likely N-dealkylation sites (tertiary alicyclic amines) is 1. The van der Waals surface area contributed by atoms with E-state index in [4.69, 9.17) is 5.73 Å². The first kappa shape index (κ1) is 9.77. The zero-order chi connectivity index (χ0) is 10.2. The smallest absolute Gasteiger partial charge is 0.317 e. The summed E-state index contributed by atoms with van der Waals surface area (Å²) in [5, 5.41) is 2.68. The number of carbonyl (C=O) groups excluding carboxylic acids is 1. The summed E-state index contributed by atoms with van der Waals surface area (Å²) < 4.78 is 0. The van der Waals surface area contributed by atoms with E-state index in [1.54, 1.807) is 7.05 Å². The minimum absolute atomic E-state index is 0.0484. The zero-order valence-electron chi connectivity index (χ0n) is 8.75. The van der Waals surface area contributed by atoms with Crippen LogP contribution in [0.15, 0.2) is 0 Å². The van der Waals surface area contributed by atoms with Crippen LogP contribution >= 0.6 is 0 Å². The van der Waals surface area contributed by atoms with E-state index in [1.165, 1.54) is 19.3 Å². The molecule has 0 unspecified atom stereocenters. The van der Waals surface area contributed by atoms with E-state index in [0.717, 1.165) is 19.6 Å². The molecule has 2 rings (SSSR count). The molecule has 3 N–H and O–H groups in total. The van der Waals surface area contributed by atoms with Crippen molar-refractivity contribution in [1.29, 1.82) is 0 Å². The molecule has 2 amide bonds. The molecule has 2 atom stereocenters. The molecule has 0 aromatic rings. The van der Waals surface area contributed by atoms with Crippen LogP contribution in [-0.2, 0) is 0 Å². The average molecular weight is 197 g/mol. The first-order valence-corrected chi connectivity index (χ1v) is 5.38. The number of nitrogens with one attached hydrogen (secondary N) is 1. The second-order valence-electron chi connectivity index (χ2n) is 4.59. The molecular formula is C10H19N3O. The molecule has 1 saturated heterocycles. The number of amides is 2. The SMILES string of the molecule is CNC(=O)N1C[C@@H]2CCC[C@]2(CN)C1. The van der Waals surface area contributed by atoms with Gasteiger partial charge in [-0.05, 0) is 25.3 Å². The Hall–Kier alpha value is -0.770. The summed E-state index contributed by atoms with van der Waals surface area (Å²) in [6.07, 6.45) is 3.72. The number of hydrogen-bond acceptors (Lipinski definition) is 2. The van der Waals surface area contributed by atoms with Gasteiger partial charge in [0, 0.05) is 25.6 Å². The number of hydrogen-bond donors (Lipinski definition) is 2. The van der Waals surface area contributed by atoms with Gasteiger partial charge in [0.25, 0.3) is 0 Å². The van der Waals surface area contributed by atoms with Crippen LogP contribution in [0.4, 0.5) is 4.79 Å². The van der Waals surface area contributed by atoms with Gasteiger partial charge < -0.3 is 16.0 Å². The molecule has 2 fully saturated rings. The normalized spacial score (nSPS) is 35.9. The van der Waals surface area contributed by atoms with Gasteiger partial charge in [0.1, 0.15) is 0 Å². The lowest BCUT2D eigenvalue weighted by molar-refractivity contribution is 0.201. The predicted molar refractivity (Wildman–Crippen MR) is 54.9 cm³/mol. The first-order valence-electron chi connectivity index (χ1n) is 5.38. The summed E-state index contributed by atoms with van der Waals surface area (Å²) in [5.41, 5.74) is 6.10. The highest BCUT2D eigenvalue weighted by Crippen LogP contribution is 2.47. The third kappa shape index (κ3) is 1.29. The predicted octanol–water partition coefficient (Wildman–Crippen LogP) is 0.387. The average Bonchev–Trinajstić information content (AvgIpc) is 2.72. The van der Waals surface area contributed by atoms with Gasteiger partial charge in [0.2, 0.25) is 0 Å². The minimum Gasteiger partial charge on any atom is -0.341 e. The van der Waals surface area contributed by atoms with Crippen molar-refractivity contribution in [2.75, 3.05) is 26.7 Å². The Morgan fingerprint density at radius 1 is 1.71 bits per heavy atom. The zero-order valence-corrected chi connectivity index (χ0v) is 8.75. The number of urea groups is 1. The second kappa shape index (κ2) is 3.42. The van der Waals surface area contributed by atoms with E-state index in [2.05, 4.69) is 5.32 Å². The Morgan fingerprint density at radius 2 is 2.50 bits per heavy atom. The summed E-state index contributed by atoms with van der Waals surface area (Å²) in [4.78, 5) is 13.4. The van der Waals surface area contributed by atoms with Gasteiger partial charge in [-0.1, -0.05) is 6.42 Å². The Labute approximate surface area is 84.8 Å². The summed E-state index contributed by atoms with van der Waals surface area (Å²) in [6.45, 7) is 2.48. The quantitative estimate of drug-likeness (QED) is 0.638. The molecule has 0 aromatic heterocycles. The van der Waals surface area contributed by atoms with Crippen LogP contribution in [0.3, 0.4) is 0 Å². The van der Waals surface area contributed by atoms with Crippen LogP contribution in [0.2, 0.25) is 0 Å². The lowest BCUT2D eigenvalue weighted by Gasteiger charge is -2.26. The maximum Gasteiger partial charge on any atom is 0.317 e. The van der Waals surface area contributed by atoms with Crippen LogP contribution in [-0.4, -0.2) is 37.6 Å². The number of carbonyl (C=O) groups is 1. The highest BCUT2D eigenvalue weighted by Gasteiger charge is 2.49. The van der Waals surface area contributed by atoms with Crippen molar-refractivity contribution in [2.24, 2.45) is 17.1 Å². The summed E-state index contributed by atoms with van der Waals surface area (Å²) in [6, 6.07) is 0.0484. The molecule has 1 aliphatic carbocycles. The van der Waals surface area contributed by atoms with E-state index in [0.29, 0.717) is 5.92 Å². The first-order chi connectivity index (χ1) is 6.72. The molecule has 14 heavy (non-hydrogen) atoms. The van der Waals surface area contributed by atoms with Crippen molar-refractivity contribution < 1.29 is 4.79 Å². The van der Waals surface area contributed by atoms with Gasteiger partial charge in [-0.3, -0.25) is 0 Å². The molecule has 4 nitrogen and oxygen atoms in total. The van der Waals surface area contributed by atoms with Crippen molar-refractivity contribution in [2.45, 2.75) is 19.3 Å². The molecule has 4 heteroatoms. The van der Waals surface area contributed by atoms with Gasteiger partial charge in [-0.15, -0.1) is 0 Å². The van der Waals surface area contributed by atoms with E-state index < -0.39 is 0 Å². The molecule has 0 radical (unpaired) electrons. The third-order valence-corrected chi connectivity index (χ3v) is 3.95. The number of rotatable bonds is 1. The molecular weight excluding hydrogens is 178 g/mol.